The highest BCUT2D eigenvalue weighted by molar-refractivity contribution is 5.09. The molecule has 1 heterocycles. The van der Waals surface area contributed by atoms with E-state index in [0.717, 1.165) is 13.1 Å². The molecule has 86 valence electrons. The van der Waals surface area contributed by atoms with Crippen LogP contribution in [-0.4, -0.2) is 36.0 Å². The summed E-state index contributed by atoms with van der Waals surface area (Å²) < 4.78 is 6.96. The van der Waals surface area contributed by atoms with Crippen molar-refractivity contribution in [3.8, 4) is 0 Å². The van der Waals surface area contributed by atoms with Gasteiger partial charge < -0.3 is 19.7 Å². The third kappa shape index (κ3) is 4.46. The van der Waals surface area contributed by atoms with Gasteiger partial charge in [-0.15, -0.1) is 0 Å². The van der Waals surface area contributed by atoms with Crippen LogP contribution in [0.15, 0.2) is 18.5 Å². The molecular formula is C11H20N2O2. The van der Waals surface area contributed by atoms with E-state index < -0.39 is 6.10 Å². The van der Waals surface area contributed by atoms with Gasteiger partial charge in [0.2, 0.25) is 0 Å². The van der Waals surface area contributed by atoms with Crippen LogP contribution in [0.2, 0.25) is 0 Å². The summed E-state index contributed by atoms with van der Waals surface area (Å²) in [6.07, 6.45) is 3.74. The van der Waals surface area contributed by atoms with Crippen LogP contribution in [0.25, 0.3) is 0 Å². The predicted octanol–water partition coefficient (Wildman–Crippen LogP) is 0.605. The average molecular weight is 212 g/mol. The summed E-state index contributed by atoms with van der Waals surface area (Å²) in [6, 6.07) is 2.08. The van der Waals surface area contributed by atoms with Gasteiger partial charge in [0.05, 0.1) is 12.7 Å². The average Bonchev–Trinajstić information content (AvgIpc) is 2.66. The summed E-state index contributed by atoms with van der Waals surface area (Å²) in [5.74, 6) is 0. The Morgan fingerprint density at radius 3 is 3.00 bits per heavy atom. The van der Waals surface area contributed by atoms with Crippen LogP contribution < -0.4 is 5.32 Å². The van der Waals surface area contributed by atoms with Crippen molar-refractivity contribution in [2.45, 2.75) is 26.1 Å². The molecule has 4 nitrogen and oxygen atoms in total. The normalized spacial score (nSPS) is 13.0. The van der Waals surface area contributed by atoms with Gasteiger partial charge in [-0.25, -0.2) is 0 Å². The second kappa shape index (κ2) is 6.61. The summed E-state index contributed by atoms with van der Waals surface area (Å²) in [5.41, 5.74) is 1.24. The van der Waals surface area contributed by atoms with Crippen molar-refractivity contribution in [2.24, 2.45) is 0 Å². The molecule has 0 aliphatic heterocycles. The van der Waals surface area contributed by atoms with Crippen LogP contribution in [0.4, 0.5) is 0 Å². The standard InChI is InChI=1S/C11H20N2O2/c1-3-13-5-4-10(8-13)6-12-7-11(14)9-15-2/h4-5,8,11-12,14H,3,6-7,9H2,1-2H3. The summed E-state index contributed by atoms with van der Waals surface area (Å²) in [5, 5.41) is 12.6. The lowest BCUT2D eigenvalue weighted by Gasteiger charge is -2.09. The van der Waals surface area contributed by atoms with Gasteiger partial charge in [0.1, 0.15) is 0 Å². The Bertz CT molecular complexity index is 273. The van der Waals surface area contributed by atoms with E-state index in [2.05, 4.69) is 35.3 Å². The zero-order valence-electron chi connectivity index (χ0n) is 9.44. The molecule has 15 heavy (non-hydrogen) atoms. The van der Waals surface area contributed by atoms with Gasteiger partial charge in [0, 0.05) is 39.1 Å². The second-order valence-corrected chi connectivity index (χ2v) is 3.59. The number of nitrogens with zero attached hydrogens (tertiary/aromatic N) is 1. The van der Waals surface area contributed by atoms with E-state index in [4.69, 9.17) is 4.74 Å². The van der Waals surface area contributed by atoms with E-state index in [9.17, 15) is 5.11 Å². The van der Waals surface area contributed by atoms with E-state index in [1.54, 1.807) is 7.11 Å². The number of ether oxygens (including phenoxy) is 1. The molecule has 1 aromatic rings. The first-order valence-corrected chi connectivity index (χ1v) is 5.28. The second-order valence-electron chi connectivity index (χ2n) is 3.59. The molecule has 0 amide bonds. The van der Waals surface area contributed by atoms with Gasteiger partial charge in [0.25, 0.3) is 0 Å². The van der Waals surface area contributed by atoms with Crippen LogP contribution in [0.1, 0.15) is 12.5 Å². The number of rotatable bonds is 7. The Morgan fingerprint density at radius 1 is 1.60 bits per heavy atom. The van der Waals surface area contributed by atoms with Gasteiger partial charge in [0.15, 0.2) is 0 Å². The number of aromatic nitrogens is 1. The first kappa shape index (κ1) is 12.2. The van der Waals surface area contributed by atoms with Crippen molar-refractivity contribution in [2.75, 3.05) is 20.3 Å². The summed E-state index contributed by atoms with van der Waals surface area (Å²) in [6.45, 7) is 4.83. The monoisotopic (exact) mass is 212 g/mol. The minimum absolute atomic E-state index is 0.378. The highest BCUT2D eigenvalue weighted by atomic mass is 16.5. The molecule has 1 atom stereocenters. The molecule has 0 aromatic carbocycles. The van der Waals surface area contributed by atoms with Crippen LogP contribution in [0, 0.1) is 0 Å². The predicted molar refractivity (Wildman–Crippen MR) is 59.7 cm³/mol. The van der Waals surface area contributed by atoms with Crippen LogP contribution in [0.5, 0.6) is 0 Å². The highest BCUT2D eigenvalue weighted by Crippen LogP contribution is 2.00. The molecule has 1 rings (SSSR count). The fraction of sp³-hybridized carbons (Fsp3) is 0.636. The molecular weight excluding hydrogens is 192 g/mol. The van der Waals surface area contributed by atoms with Crippen molar-refractivity contribution < 1.29 is 9.84 Å². The fourth-order valence-corrected chi connectivity index (χ4v) is 1.43. The Hall–Kier alpha value is -0.840. The summed E-state index contributed by atoms with van der Waals surface area (Å²) >= 11 is 0. The van der Waals surface area contributed by atoms with E-state index in [1.807, 2.05) is 0 Å². The van der Waals surface area contributed by atoms with E-state index in [-0.39, 0.29) is 0 Å². The Kier molecular flexibility index (Phi) is 5.39. The Morgan fingerprint density at radius 2 is 2.40 bits per heavy atom. The van der Waals surface area contributed by atoms with Crippen molar-refractivity contribution >= 4 is 0 Å². The first-order chi connectivity index (χ1) is 7.26. The highest BCUT2D eigenvalue weighted by Gasteiger charge is 2.02. The maximum atomic E-state index is 9.39. The molecule has 0 fully saturated rings. The number of aliphatic hydroxyl groups excluding tert-OH is 1. The van der Waals surface area contributed by atoms with Gasteiger partial charge in [-0.1, -0.05) is 0 Å². The zero-order chi connectivity index (χ0) is 11.1. The summed E-state index contributed by atoms with van der Waals surface area (Å²) in [4.78, 5) is 0. The number of aliphatic hydroxyl groups is 1. The largest absolute Gasteiger partial charge is 0.389 e. The smallest absolute Gasteiger partial charge is 0.0897 e. The number of nitrogens with one attached hydrogen (secondary N) is 1. The van der Waals surface area contributed by atoms with Crippen molar-refractivity contribution in [1.82, 2.24) is 9.88 Å². The SMILES string of the molecule is CCn1ccc(CNCC(O)COC)c1. The Balaban J connectivity index is 2.19. The maximum absolute atomic E-state index is 9.39. The topological polar surface area (TPSA) is 46.4 Å². The van der Waals surface area contributed by atoms with Gasteiger partial charge in [-0.2, -0.15) is 0 Å². The third-order valence-corrected chi connectivity index (χ3v) is 2.25. The molecule has 0 spiro atoms. The fourth-order valence-electron chi connectivity index (χ4n) is 1.43. The molecule has 0 aliphatic carbocycles. The van der Waals surface area contributed by atoms with Crippen molar-refractivity contribution in [3.63, 3.8) is 0 Å². The molecule has 1 aromatic heterocycles. The number of methoxy groups -OCH3 is 1. The number of hydrogen-bond donors (Lipinski definition) is 2. The van der Waals surface area contributed by atoms with Crippen molar-refractivity contribution in [1.29, 1.82) is 0 Å². The zero-order valence-corrected chi connectivity index (χ0v) is 9.44. The van der Waals surface area contributed by atoms with Gasteiger partial charge >= 0.3 is 0 Å². The van der Waals surface area contributed by atoms with E-state index in [0.29, 0.717) is 13.2 Å². The quantitative estimate of drug-likeness (QED) is 0.696. The lowest BCUT2D eigenvalue weighted by Crippen LogP contribution is -2.29. The van der Waals surface area contributed by atoms with E-state index in [1.165, 1.54) is 5.56 Å². The molecule has 4 heteroatoms. The summed E-state index contributed by atoms with van der Waals surface area (Å²) in [7, 11) is 1.59. The van der Waals surface area contributed by atoms with Crippen LogP contribution in [0.3, 0.4) is 0 Å². The lowest BCUT2D eigenvalue weighted by atomic mass is 10.3. The number of hydrogen-bond acceptors (Lipinski definition) is 3. The van der Waals surface area contributed by atoms with Gasteiger partial charge in [-0.3, -0.25) is 0 Å². The molecule has 0 saturated heterocycles. The van der Waals surface area contributed by atoms with Crippen LogP contribution >= 0.6 is 0 Å². The third-order valence-electron chi connectivity index (χ3n) is 2.25. The molecule has 0 bridgehead atoms. The first-order valence-electron chi connectivity index (χ1n) is 5.28. The van der Waals surface area contributed by atoms with Crippen LogP contribution in [-0.2, 0) is 17.8 Å². The lowest BCUT2D eigenvalue weighted by molar-refractivity contribution is 0.0644. The minimum Gasteiger partial charge on any atom is -0.389 e. The van der Waals surface area contributed by atoms with Crippen molar-refractivity contribution in [3.05, 3.63) is 24.0 Å². The minimum atomic E-state index is -0.428. The molecule has 2 N–H and O–H groups in total. The number of aryl methyl sites for hydroxylation is 1. The maximum Gasteiger partial charge on any atom is 0.0897 e. The molecule has 1 unspecified atom stereocenters. The molecule has 0 radical (unpaired) electrons. The van der Waals surface area contributed by atoms with Gasteiger partial charge in [-0.05, 0) is 18.6 Å². The van der Waals surface area contributed by atoms with E-state index >= 15 is 0 Å². The molecule has 0 saturated carbocycles. The molecule has 0 aliphatic rings. The Labute approximate surface area is 90.9 Å².